The number of nitrogens with zero attached hydrogens (tertiary/aromatic N) is 1. The molecule has 2 heterocycles. The highest BCUT2D eigenvalue weighted by molar-refractivity contribution is 5.90. The quantitative estimate of drug-likeness (QED) is 0.739. The van der Waals surface area contributed by atoms with Crippen LogP contribution in [0.3, 0.4) is 0 Å². The van der Waals surface area contributed by atoms with Gasteiger partial charge in [0.1, 0.15) is 0 Å². The Morgan fingerprint density at radius 3 is 2.54 bits per heavy atom. The fourth-order valence-electron chi connectivity index (χ4n) is 3.90. The average molecular weight is 347 g/mol. The van der Waals surface area contributed by atoms with Gasteiger partial charge in [0.2, 0.25) is 0 Å². The molecule has 3 N–H and O–H groups in total. The van der Waals surface area contributed by atoms with Crippen LogP contribution < -0.4 is 11.1 Å². The number of rotatable bonds is 5. The van der Waals surface area contributed by atoms with Crippen LogP contribution >= 0.6 is 0 Å². The minimum absolute atomic E-state index is 0.0783. The number of nitrogen functional groups attached to an aromatic ring is 1. The lowest BCUT2D eigenvalue weighted by molar-refractivity contribution is 0.0550. The van der Waals surface area contributed by atoms with Gasteiger partial charge >= 0.3 is 0 Å². The van der Waals surface area contributed by atoms with Crippen molar-refractivity contribution in [2.45, 2.75) is 24.9 Å². The molecule has 1 fully saturated rings. The Hall–Kier alpha value is -2.43. The number of para-hydroxylation sites is 1. The predicted molar refractivity (Wildman–Crippen MR) is 106 cm³/mol. The van der Waals surface area contributed by atoms with E-state index in [0.717, 1.165) is 48.2 Å². The summed E-state index contributed by atoms with van der Waals surface area (Å²) in [6.45, 7) is 3.24. The summed E-state index contributed by atoms with van der Waals surface area (Å²) in [6.07, 6.45) is 2.18. The van der Waals surface area contributed by atoms with Crippen molar-refractivity contribution in [3.63, 3.8) is 0 Å². The SMILES string of the molecule is Nc1cc(COCC2(c3ccccc3)CCNCC2)nc2ccccc12. The monoisotopic (exact) mass is 347 g/mol. The van der Waals surface area contributed by atoms with Crippen LogP contribution in [0.2, 0.25) is 0 Å². The zero-order valence-corrected chi connectivity index (χ0v) is 14.9. The first-order valence-corrected chi connectivity index (χ1v) is 9.25. The smallest absolute Gasteiger partial charge is 0.0889 e. The fraction of sp³-hybridized carbons (Fsp3) is 0.318. The molecule has 3 aromatic rings. The van der Waals surface area contributed by atoms with E-state index in [2.05, 4.69) is 35.6 Å². The molecule has 4 nitrogen and oxygen atoms in total. The van der Waals surface area contributed by atoms with Crippen LogP contribution in [0.25, 0.3) is 10.9 Å². The number of nitrogens with two attached hydrogens (primary N) is 1. The molecule has 0 aliphatic carbocycles. The number of aromatic nitrogens is 1. The highest BCUT2D eigenvalue weighted by atomic mass is 16.5. The number of nitrogens with one attached hydrogen (secondary N) is 1. The van der Waals surface area contributed by atoms with E-state index in [1.807, 2.05) is 30.3 Å². The van der Waals surface area contributed by atoms with E-state index in [1.54, 1.807) is 0 Å². The zero-order chi connectivity index (χ0) is 17.8. The molecule has 0 radical (unpaired) electrons. The van der Waals surface area contributed by atoms with Crippen LogP contribution in [-0.4, -0.2) is 24.7 Å². The van der Waals surface area contributed by atoms with Crippen molar-refractivity contribution in [3.8, 4) is 0 Å². The number of benzene rings is 2. The maximum Gasteiger partial charge on any atom is 0.0889 e. The Morgan fingerprint density at radius 2 is 1.73 bits per heavy atom. The third-order valence-electron chi connectivity index (χ3n) is 5.38. The molecule has 0 bridgehead atoms. The van der Waals surface area contributed by atoms with Crippen molar-refractivity contribution >= 4 is 16.6 Å². The van der Waals surface area contributed by atoms with Crippen LogP contribution in [0.5, 0.6) is 0 Å². The lowest BCUT2D eigenvalue weighted by Crippen LogP contribution is -2.43. The minimum Gasteiger partial charge on any atom is -0.398 e. The van der Waals surface area contributed by atoms with E-state index >= 15 is 0 Å². The molecule has 1 aliphatic heterocycles. The first-order chi connectivity index (χ1) is 12.8. The Bertz CT molecular complexity index is 873. The second-order valence-electron chi connectivity index (χ2n) is 7.11. The first-order valence-electron chi connectivity index (χ1n) is 9.25. The summed E-state index contributed by atoms with van der Waals surface area (Å²) in [5.74, 6) is 0. The molecule has 0 amide bonds. The van der Waals surface area contributed by atoms with Crippen molar-refractivity contribution in [2.75, 3.05) is 25.4 Å². The molecule has 0 unspecified atom stereocenters. The molecule has 4 rings (SSSR count). The summed E-state index contributed by atoms with van der Waals surface area (Å²) in [7, 11) is 0. The number of hydrogen-bond donors (Lipinski definition) is 2. The number of fused-ring (bicyclic) bond motifs is 1. The van der Waals surface area contributed by atoms with E-state index in [-0.39, 0.29) is 5.41 Å². The van der Waals surface area contributed by atoms with Gasteiger partial charge in [-0.05, 0) is 43.6 Å². The first kappa shape index (κ1) is 17.0. The van der Waals surface area contributed by atoms with Gasteiger partial charge in [-0.1, -0.05) is 48.5 Å². The third kappa shape index (κ3) is 3.43. The van der Waals surface area contributed by atoms with Gasteiger partial charge in [-0.15, -0.1) is 0 Å². The molecular weight excluding hydrogens is 322 g/mol. The normalized spacial score (nSPS) is 16.6. The zero-order valence-electron chi connectivity index (χ0n) is 14.9. The standard InChI is InChI=1S/C22H25N3O/c23-20-14-18(25-21-9-5-4-8-19(20)21)15-26-16-22(10-12-24-13-11-22)17-6-2-1-3-7-17/h1-9,14,24H,10-13,15-16H2,(H2,23,25). The molecule has 0 saturated carbocycles. The predicted octanol–water partition coefficient (Wildman–Crippen LogP) is 3.66. The Labute approximate surface area is 154 Å². The number of hydrogen-bond acceptors (Lipinski definition) is 4. The second kappa shape index (κ2) is 7.44. The summed E-state index contributed by atoms with van der Waals surface area (Å²) >= 11 is 0. The minimum atomic E-state index is 0.0783. The molecule has 1 aliphatic rings. The van der Waals surface area contributed by atoms with Gasteiger partial charge in [-0.2, -0.15) is 0 Å². The van der Waals surface area contributed by atoms with Gasteiger partial charge in [0.05, 0.1) is 24.4 Å². The highest BCUT2D eigenvalue weighted by Gasteiger charge is 2.34. The van der Waals surface area contributed by atoms with E-state index in [9.17, 15) is 0 Å². The Morgan fingerprint density at radius 1 is 1.00 bits per heavy atom. The van der Waals surface area contributed by atoms with Crippen molar-refractivity contribution in [3.05, 3.63) is 71.9 Å². The van der Waals surface area contributed by atoms with Crippen LogP contribution in [0.15, 0.2) is 60.7 Å². The molecule has 134 valence electrons. The lowest BCUT2D eigenvalue weighted by atomic mass is 9.74. The molecule has 1 saturated heterocycles. The highest BCUT2D eigenvalue weighted by Crippen LogP contribution is 2.34. The topological polar surface area (TPSA) is 60.2 Å². The summed E-state index contributed by atoms with van der Waals surface area (Å²) in [6, 6.07) is 20.6. The van der Waals surface area contributed by atoms with E-state index in [4.69, 9.17) is 15.5 Å². The fourth-order valence-corrected chi connectivity index (χ4v) is 3.90. The molecule has 4 heteroatoms. The van der Waals surface area contributed by atoms with Crippen LogP contribution in [-0.2, 0) is 16.8 Å². The number of ether oxygens (including phenoxy) is 1. The summed E-state index contributed by atoms with van der Waals surface area (Å²) in [5.41, 5.74) is 10.2. The van der Waals surface area contributed by atoms with Crippen LogP contribution in [0.4, 0.5) is 5.69 Å². The maximum absolute atomic E-state index is 6.18. The lowest BCUT2D eigenvalue weighted by Gasteiger charge is -2.38. The summed E-state index contributed by atoms with van der Waals surface area (Å²) < 4.78 is 6.18. The number of pyridine rings is 1. The van der Waals surface area contributed by atoms with Crippen LogP contribution in [0.1, 0.15) is 24.1 Å². The number of piperidine rings is 1. The second-order valence-corrected chi connectivity index (χ2v) is 7.11. The summed E-state index contributed by atoms with van der Waals surface area (Å²) in [4.78, 5) is 4.70. The molecule has 0 atom stereocenters. The average Bonchev–Trinajstić information content (AvgIpc) is 2.69. The Balaban J connectivity index is 1.50. The van der Waals surface area contributed by atoms with Gasteiger partial charge < -0.3 is 15.8 Å². The van der Waals surface area contributed by atoms with E-state index in [0.29, 0.717) is 13.2 Å². The largest absolute Gasteiger partial charge is 0.398 e. The maximum atomic E-state index is 6.18. The van der Waals surface area contributed by atoms with Crippen molar-refractivity contribution in [2.24, 2.45) is 0 Å². The Kier molecular flexibility index (Phi) is 4.87. The molecule has 0 spiro atoms. The van der Waals surface area contributed by atoms with Gasteiger partial charge in [-0.3, -0.25) is 4.98 Å². The van der Waals surface area contributed by atoms with Crippen molar-refractivity contribution in [1.82, 2.24) is 10.3 Å². The molecular formula is C22H25N3O. The molecule has 26 heavy (non-hydrogen) atoms. The van der Waals surface area contributed by atoms with Crippen molar-refractivity contribution in [1.29, 1.82) is 0 Å². The molecule has 2 aromatic carbocycles. The molecule has 1 aromatic heterocycles. The van der Waals surface area contributed by atoms with Crippen molar-refractivity contribution < 1.29 is 4.74 Å². The van der Waals surface area contributed by atoms with E-state index in [1.165, 1.54) is 5.56 Å². The number of anilines is 1. The third-order valence-corrected chi connectivity index (χ3v) is 5.38. The van der Waals surface area contributed by atoms with Gasteiger partial charge in [0, 0.05) is 16.5 Å². The van der Waals surface area contributed by atoms with Gasteiger partial charge in [-0.25, -0.2) is 0 Å². The summed E-state index contributed by atoms with van der Waals surface area (Å²) in [5, 5.41) is 4.46. The van der Waals surface area contributed by atoms with Gasteiger partial charge in [0.15, 0.2) is 0 Å². The van der Waals surface area contributed by atoms with E-state index < -0.39 is 0 Å². The van der Waals surface area contributed by atoms with Gasteiger partial charge in [0.25, 0.3) is 0 Å². The van der Waals surface area contributed by atoms with Crippen LogP contribution in [0, 0.1) is 0 Å².